The van der Waals surface area contributed by atoms with Crippen molar-refractivity contribution in [2.45, 2.75) is 37.6 Å². The van der Waals surface area contributed by atoms with Gasteiger partial charge in [-0.3, -0.25) is 9.59 Å². The lowest BCUT2D eigenvalue weighted by Gasteiger charge is -2.14. The van der Waals surface area contributed by atoms with Gasteiger partial charge in [-0.2, -0.15) is 4.72 Å². The SMILES string of the molecule is CCCC(NS(=O)(=O)c1ccc(NC(C)=O)c(Br)c1)C(=O)O. The normalized spacial score (nSPS) is 12.7. The number of rotatable bonds is 7. The zero-order chi connectivity index (χ0) is 16.9. The molecule has 0 aliphatic heterocycles. The van der Waals surface area contributed by atoms with Crippen LogP contribution >= 0.6 is 15.9 Å². The Morgan fingerprint density at radius 2 is 2.00 bits per heavy atom. The van der Waals surface area contributed by atoms with E-state index in [0.717, 1.165) is 0 Å². The fraction of sp³-hybridized carbons (Fsp3) is 0.385. The molecule has 122 valence electrons. The summed E-state index contributed by atoms with van der Waals surface area (Å²) in [4.78, 5) is 22.0. The lowest BCUT2D eigenvalue weighted by Crippen LogP contribution is -2.40. The molecule has 22 heavy (non-hydrogen) atoms. The van der Waals surface area contributed by atoms with Crippen LogP contribution in [0.2, 0.25) is 0 Å². The van der Waals surface area contributed by atoms with E-state index >= 15 is 0 Å². The maximum absolute atomic E-state index is 12.2. The van der Waals surface area contributed by atoms with Crippen molar-refractivity contribution in [3.8, 4) is 0 Å². The quantitative estimate of drug-likeness (QED) is 0.656. The maximum atomic E-state index is 12.2. The number of nitrogens with one attached hydrogen (secondary N) is 2. The summed E-state index contributed by atoms with van der Waals surface area (Å²) in [5, 5.41) is 11.6. The van der Waals surface area contributed by atoms with Crippen molar-refractivity contribution < 1.29 is 23.1 Å². The average Bonchev–Trinajstić information content (AvgIpc) is 2.39. The molecule has 7 nitrogen and oxygen atoms in total. The Balaban J connectivity index is 3.05. The summed E-state index contributed by atoms with van der Waals surface area (Å²) < 4.78 is 27.0. The van der Waals surface area contributed by atoms with Crippen LogP contribution in [0.3, 0.4) is 0 Å². The first-order chi connectivity index (χ1) is 10.2. The number of anilines is 1. The standard InChI is InChI=1S/C13H17BrN2O5S/c1-3-4-12(13(18)19)16-22(20,21)9-5-6-11(10(14)7-9)15-8(2)17/h5-7,12,16H,3-4H2,1-2H3,(H,15,17)(H,18,19). The number of hydrogen-bond acceptors (Lipinski definition) is 4. The summed E-state index contributed by atoms with van der Waals surface area (Å²) in [6, 6.07) is 2.85. The molecule has 1 unspecified atom stereocenters. The van der Waals surface area contributed by atoms with E-state index in [9.17, 15) is 18.0 Å². The molecule has 0 spiro atoms. The van der Waals surface area contributed by atoms with Crippen LogP contribution in [-0.2, 0) is 19.6 Å². The Morgan fingerprint density at radius 1 is 1.36 bits per heavy atom. The molecule has 0 bridgehead atoms. The number of benzene rings is 1. The number of carboxylic acid groups (broad SMARTS) is 1. The Bertz CT molecular complexity index is 675. The Hall–Kier alpha value is -1.45. The van der Waals surface area contributed by atoms with Crippen LogP contribution in [0.25, 0.3) is 0 Å². The zero-order valence-corrected chi connectivity index (χ0v) is 14.5. The third-order valence-corrected chi connectivity index (χ3v) is 4.86. The first-order valence-corrected chi connectivity index (χ1v) is 8.77. The molecule has 0 aliphatic carbocycles. The molecule has 0 heterocycles. The van der Waals surface area contributed by atoms with Crippen LogP contribution in [0, 0.1) is 0 Å². The van der Waals surface area contributed by atoms with E-state index in [1.54, 1.807) is 6.92 Å². The highest BCUT2D eigenvalue weighted by atomic mass is 79.9. The summed E-state index contributed by atoms with van der Waals surface area (Å²) in [6.07, 6.45) is 0.727. The molecule has 1 amide bonds. The fourth-order valence-electron chi connectivity index (χ4n) is 1.73. The number of halogens is 1. The van der Waals surface area contributed by atoms with E-state index in [1.807, 2.05) is 0 Å². The molecule has 1 aromatic rings. The summed E-state index contributed by atoms with van der Waals surface area (Å²) in [5.74, 6) is -1.51. The Labute approximate surface area is 137 Å². The van der Waals surface area contributed by atoms with E-state index in [4.69, 9.17) is 5.11 Å². The summed E-state index contributed by atoms with van der Waals surface area (Å²) in [6.45, 7) is 3.10. The molecule has 3 N–H and O–H groups in total. The highest BCUT2D eigenvalue weighted by molar-refractivity contribution is 9.10. The van der Waals surface area contributed by atoms with Gasteiger partial charge < -0.3 is 10.4 Å². The van der Waals surface area contributed by atoms with Gasteiger partial charge in [0.1, 0.15) is 6.04 Å². The van der Waals surface area contributed by atoms with Crippen molar-refractivity contribution in [3.63, 3.8) is 0 Å². The predicted molar refractivity (Wildman–Crippen MR) is 85.1 cm³/mol. The number of carboxylic acids is 1. The van der Waals surface area contributed by atoms with Crippen molar-refractivity contribution in [1.29, 1.82) is 0 Å². The van der Waals surface area contributed by atoms with Gasteiger partial charge in [-0.1, -0.05) is 13.3 Å². The van der Waals surface area contributed by atoms with Crippen LogP contribution in [0.4, 0.5) is 5.69 Å². The van der Waals surface area contributed by atoms with Gasteiger partial charge in [-0.25, -0.2) is 8.42 Å². The van der Waals surface area contributed by atoms with Gasteiger partial charge in [0.05, 0.1) is 10.6 Å². The molecule has 1 atom stereocenters. The number of aliphatic carboxylic acids is 1. The van der Waals surface area contributed by atoms with Gasteiger partial charge in [-0.15, -0.1) is 0 Å². The molecule has 1 aromatic carbocycles. The molecule has 0 aliphatic rings. The molecule has 0 saturated heterocycles. The second-order valence-corrected chi connectivity index (χ2v) is 7.19. The first-order valence-electron chi connectivity index (χ1n) is 6.49. The van der Waals surface area contributed by atoms with E-state index in [2.05, 4.69) is 26.0 Å². The van der Waals surface area contributed by atoms with E-state index < -0.39 is 22.0 Å². The van der Waals surface area contributed by atoms with Crippen LogP contribution in [0.1, 0.15) is 26.7 Å². The van der Waals surface area contributed by atoms with Crippen LogP contribution in [0.5, 0.6) is 0 Å². The molecular formula is C13H17BrN2O5S. The van der Waals surface area contributed by atoms with Gasteiger partial charge in [-0.05, 0) is 40.5 Å². The summed E-state index contributed by atoms with van der Waals surface area (Å²) >= 11 is 3.17. The van der Waals surface area contributed by atoms with E-state index in [-0.39, 0.29) is 17.2 Å². The number of sulfonamides is 1. The molecular weight excluding hydrogens is 376 g/mol. The second-order valence-electron chi connectivity index (χ2n) is 4.62. The molecule has 1 rings (SSSR count). The summed E-state index contributed by atoms with van der Waals surface area (Å²) in [7, 11) is -3.97. The predicted octanol–water partition coefficient (Wildman–Crippen LogP) is 1.94. The van der Waals surface area contributed by atoms with Gasteiger partial charge in [0.2, 0.25) is 15.9 Å². The largest absolute Gasteiger partial charge is 0.480 e. The minimum absolute atomic E-state index is 0.0872. The smallest absolute Gasteiger partial charge is 0.321 e. The van der Waals surface area contributed by atoms with Gasteiger partial charge in [0.25, 0.3) is 0 Å². The number of carbonyl (C=O) groups excluding carboxylic acids is 1. The van der Waals surface area contributed by atoms with Crippen molar-refractivity contribution in [1.82, 2.24) is 4.72 Å². The highest BCUT2D eigenvalue weighted by Gasteiger charge is 2.25. The van der Waals surface area contributed by atoms with E-state index in [1.165, 1.54) is 25.1 Å². The molecule has 0 aromatic heterocycles. The van der Waals surface area contributed by atoms with Crippen molar-refractivity contribution in [2.75, 3.05) is 5.32 Å². The second kappa shape index (κ2) is 7.70. The van der Waals surface area contributed by atoms with Crippen LogP contribution in [-0.4, -0.2) is 31.4 Å². The lowest BCUT2D eigenvalue weighted by molar-refractivity contribution is -0.139. The number of carbonyl (C=O) groups is 2. The summed E-state index contributed by atoms with van der Waals surface area (Å²) in [5.41, 5.74) is 0.426. The van der Waals surface area contributed by atoms with Crippen molar-refractivity contribution in [2.24, 2.45) is 0 Å². The van der Waals surface area contributed by atoms with Crippen LogP contribution < -0.4 is 10.0 Å². The number of hydrogen-bond donors (Lipinski definition) is 3. The fourth-order valence-corrected chi connectivity index (χ4v) is 3.61. The third kappa shape index (κ3) is 5.08. The van der Waals surface area contributed by atoms with Gasteiger partial charge in [0, 0.05) is 11.4 Å². The number of amides is 1. The van der Waals surface area contributed by atoms with Gasteiger partial charge in [0.15, 0.2) is 0 Å². The average molecular weight is 393 g/mol. The Kier molecular flexibility index (Phi) is 6.51. The van der Waals surface area contributed by atoms with E-state index in [0.29, 0.717) is 16.6 Å². The lowest BCUT2D eigenvalue weighted by atomic mass is 10.2. The zero-order valence-electron chi connectivity index (χ0n) is 12.1. The van der Waals surface area contributed by atoms with Gasteiger partial charge >= 0.3 is 5.97 Å². The van der Waals surface area contributed by atoms with Crippen molar-refractivity contribution >= 4 is 43.5 Å². The third-order valence-electron chi connectivity index (χ3n) is 2.73. The molecule has 0 radical (unpaired) electrons. The molecule has 0 fully saturated rings. The minimum Gasteiger partial charge on any atom is -0.480 e. The Morgan fingerprint density at radius 3 is 2.45 bits per heavy atom. The van der Waals surface area contributed by atoms with Crippen LogP contribution in [0.15, 0.2) is 27.6 Å². The minimum atomic E-state index is -3.97. The highest BCUT2D eigenvalue weighted by Crippen LogP contribution is 2.26. The monoisotopic (exact) mass is 392 g/mol. The first kappa shape index (κ1) is 18.6. The van der Waals surface area contributed by atoms with Crippen molar-refractivity contribution in [3.05, 3.63) is 22.7 Å². The topological polar surface area (TPSA) is 113 Å². The molecule has 9 heteroatoms. The maximum Gasteiger partial charge on any atom is 0.321 e. The molecule has 0 saturated carbocycles.